The summed E-state index contributed by atoms with van der Waals surface area (Å²) >= 11 is 0. The van der Waals surface area contributed by atoms with E-state index in [2.05, 4.69) is 46.0 Å². The Bertz CT molecular complexity index is 1350. The molecule has 0 radical (unpaired) electrons. The zero-order chi connectivity index (χ0) is 34.0. The summed E-state index contributed by atoms with van der Waals surface area (Å²) in [7, 11) is -3.56. The number of anilines is 1. The highest BCUT2D eigenvalue weighted by atomic mass is 32.2. The Morgan fingerprint density at radius 2 is 1.66 bits per heavy atom. The van der Waals surface area contributed by atoms with Gasteiger partial charge in [0, 0.05) is 25.2 Å². The fraction of sp³-hybridized carbons (Fsp3) is 0.775. The van der Waals surface area contributed by atoms with Crippen molar-refractivity contribution < 1.29 is 17.9 Å². The van der Waals surface area contributed by atoms with Crippen LogP contribution in [0.15, 0.2) is 40.8 Å². The molecule has 1 amide bonds. The maximum absolute atomic E-state index is 13.1. The van der Waals surface area contributed by atoms with Gasteiger partial charge in [0.1, 0.15) is 6.10 Å². The number of hydrogen-bond acceptors (Lipinski definition) is 4. The van der Waals surface area contributed by atoms with Crippen LogP contribution in [0.3, 0.4) is 0 Å². The first-order chi connectivity index (χ1) is 22.3. The summed E-state index contributed by atoms with van der Waals surface area (Å²) in [5, 5.41) is 2.85. The highest BCUT2D eigenvalue weighted by Gasteiger charge is 2.59. The third-order valence-electron chi connectivity index (χ3n) is 13.2. The Balaban J connectivity index is 1.17. The number of carbonyl (C=O) groups is 1. The maximum Gasteiger partial charge on any atom is 0.411 e. The summed E-state index contributed by atoms with van der Waals surface area (Å²) < 4.78 is 33.7. The number of nitrogens with zero attached hydrogens (tertiary/aromatic N) is 1. The quantitative estimate of drug-likeness (QED) is 0.212. The molecule has 7 heteroatoms. The van der Waals surface area contributed by atoms with E-state index >= 15 is 0 Å². The van der Waals surface area contributed by atoms with Crippen LogP contribution >= 0.6 is 0 Å². The highest BCUT2D eigenvalue weighted by molar-refractivity contribution is 7.89. The summed E-state index contributed by atoms with van der Waals surface area (Å²) in [6, 6.07) is 6.47. The van der Waals surface area contributed by atoms with Gasteiger partial charge in [0.15, 0.2) is 0 Å². The van der Waals surface area contributed by atoms with Crippen molar-refractivity contribution in [3.63, 3.8) is 0 Å². The van der Waals surface area contributed by atoms with Gasteiger partial charge >= 0.3 is 6.09 Å². The Kier molecular flexibility index (Phi) is 11.6. The van der Waals surface area contributed by atoms with Gasteiger partial charge in [-0.15, -0.1) is 0 Å². The van der Waals surface area contributed by atoms with Crippen LogP contribution < -0.4 is 5.32 Å². The van der Waals surface area contributed by atoms with Crippen molar-refractivity contribution in [2.45, 2.75) is 143 Å². The molecule has 4 aliphatic carbocycles. The normalized spacial score (nSPS) is 32.7. The lowest BCUT2D eigenvalue weighted by Crippen LogP contribution is -2.51. The van der Waals surface area contributed by atoms with Gasteiger partial charge in [0.2, 0.25) is 10.0 Å². The lowest BCUT2D eigenvalue weighted by Gasteiger charge is -2.58. The molecule has 0 heterocycles. The standard InChI is InChI=1S/C40H64N2O4S/c1-8-25-42(26-9-2)47(44,45)33-16-14-31(15-17-33)41-38(43)46-32-21-23-39(6)30(27-32)13-18-34-36-20-19-35(29(5)12-10-11-28(3)4)40(36,7)24-22-37(34)39/h13-17,28-29,32,34-37H,8-12,18-27H2,1-7H3,(H,41,43)/t29-,32-,34-,35+,36-,37-,39-,40+/m0/s1. The van der Waals surface area contributed by atoms with Crippen molar-refractivity contribution in [2.24, 2.45) is 46.3 Å². The zero-order valence-electron chi connectivity index (χ0n) is 30.5. The number of nitrogens with one attached hydrogen (secondary N) is 1. The third kappa shape index (κ3) is 7.51. The fourth-order valence-electron chi connectivity index (χ4n) is 10.8. The number of hydrogen-bond donors (Lipinski definition) is 1. The first kappa shape index (κ1) is 36.4. The van der Waals surface area contributed by atoms with Crippen LogP contribution in [0.25, 0.3) is 0 Å². The molecule has 0 aliphatic heterocycles. The predicted molar refractivity (Wildman–Crippen MR) is 193 cm³/mol. The van der Waals surface area contributed by atoms with Crippen LogP contribution in [0.4, 0.5) is 10.5 Å². The number of ether oxygens (including phenoxy) is 1. The second-order valence-electron chi connectivity index (χ2n) is 16.6. The van der Waals surface area contributed by atoms with E-state index in [1.54, 1.807) is 24.3 Å². The minimum absolute atomic E-state index is 0.126. The average Bonchev–Trinajstić information content (AvgIpc) is 3.38. The van der Waals surface area contributed by atoms with Crippen LogP contribution in [0, 0.1) is 46.3 Å². The molecule has 264 valence electrons. The molecule has 47 heavy (non-hydrogen) atoms. The molecule has 6 nitrogen and oxygen atoms in total. The number of fused-ring (bicyclic) bond motifs is 5. The topological polar surface area (TPSA) is 75.7 Å². The SMILES string of the molecule is CCCN(CCC)S(=O)(=O)c1ccc(NC(=O)O[C@H]2CC[C@@]3(C)C(=CC[C@H]4[C@@H]5CC[C@H]([C@@H](C)CCCC(C)C)[C@@]5(C)CC[C@@H]43)C2)cc1. The summed E-state index contributed by atoms with van der Waals surface area (Å²) in [5.74, 6) is 4.89. The van der Waals surface area contributed by atoms with E-state index in [1.807, 2.05) is 13.8 Å². The van der Waals surface area contributed by atoms with E-state index in [0.717, 1.165) is 67.6 Å². The number of amides is 1. The first-order valence-electron chi connectivity index (χ1n) is 19.1. The highest BCUT2D eigenvalue weighted by Crippen LogP contribution is 2.67. The molecule has 0 aromatic heterocycles. The van der Waals surface area contributed by atoms with Crippen LogP contribution in [-0.4, -0.2) is 38.0 Å². The molecule has 0 unspecified atom stereocenters. The number of benzene rings is 1. The first-order valence-corrected chi connectivity index (χ1v) is 20.5. The average molecular weight is 669 g/mol. The molecular weight excluding hydrogens is 605 g/mol. The lowest BCUT2D eigenvalue weighted by atomic mass is 9.47. The van der Waals surface area contributed by atoms with E-state index in [-0.39, 0.29) is 16.4 Å². The van der Waals surface area contributed by atoms with Gasteiger partial charge in [-0.2, -0.15) is 4.31 Å². The Morgan fingerprint density at radius 3 is 2.32 bits per heavy atom. The number of sulfonamides is 1. The monoisotopic (exact) mass is 668 g/mol. The fourth-order valence-corrected chi connectivity index (χ4v) is 12.4. The molecule has 0 spiro atoms. The van der Waals surface area contributed by atoms with E-state index in [4.69, 9.17) is 4.74 Å². The van der Waals surface area contributed by atoms with Crippen LogP contribution in [0.1, 0.15) is 132 Å². The van der Waals surface area contributed by atoms with Crippen LogP contribution in [0.2, 0.25) is 0 Å². The van der Waals surface area contributed by atoms with Gasteiger partial charge < -0.3 is 4.74 Å². The predicted octanol–water partition coefficient (Wildman–Crippen LogP) is 10.5. The number of carbonyl (C=O) groups excluding carboxylic acids is 1. The zero-order valence-corrected chi connectivity index (χ0v) is 31.3. The van der Waals surface area contributed by atoms with Crippen molar-refractivity contribution >= 4 is 21.8 Å². The summed E-state index contributed by atoms with van der Waals surface area (Å²) in [5.41, 5.74) is 2.76. The maximum atomic E-state index is 13.1. The summed E-state index contributed by atoms with van der Waals surface area (Å²) in [4.78, 5) is 13.2. The Morgan fingerprint density at radius 1 is 0.957 bits per heavy atom. The van der Waals surface area contributed by atoms with E-state index in [1.165, 1.54) is 61.2 Å². The molecular formula is C40H64N2O4S. The smallest absolute Gasteiger partial charge is 0.411 e. The largest absolute Gasteiger partial charge is 0.446 e. The van der Waals surface area contributed by atoms with E-state index in [9.17, 15) is 13.2 Å². The number of rotatable bonds is 13. The minimum atomic E-state index is -3.56. The molecule has 4 aliphatic rings. The number of allylic oxidation sites excluding steroid dienone is 1. The van der Waals surface area contributed by atoms with Gasteiger partial charge in [-0.05, 0) is 128 Å². The van der Waals surface area contributed by atoms with Crippen molar-refractivity contribution in [3.8, 4) is 0 Å². The van der Waals surface area contributed by atoms with Gasteiger partial charge in [-0.25, -0.2) is 13.2 Å². The van der Waals surface area contributed by atoms with E-state index < -0.39 is 16.1 Å². The van der Waals surface area contributed by atoms with Crippen LogP contribution in [0.5, 0.6) is 0 Å². The van der Waals surface area contributed by atoms with Crippen molar-refractivity contribution in [1.29, 1.82) is 0 Å². The molecule has 1 aromatic carbocycles. The summed E-state index contributed by atoms with van der Waals surface area (Å²) in [6.07, 6.45) is 17.1. The Hall–Kier alpha value is -1.86. The molecule has 3 saturated carbocycles. The lowest BCUT2D eigenvalue weighted by molar-refractivity contribution is -0.0577. The van der Waals surface area contributed by atoms with Crippen molar-refractivity contribution in [1.82, 2.24) is 4.31 Å². The second-order valence-corrected chi connectivity index (χ2v) is 18.6. The molecule has 8 atom stereocenters. The van der Waals surface area contributed by atoms with Crippen molar-refractivity contribution in [2.75, 3.05) is 18.4 Å². The minimum Gasteiger partial charge on any atom is -0.446 e. The van der Waals surface area contributed by atoms with Crippen molar-refractivity contribution in [3.05, 3.63) is 35.9 Å². The van der Waals surface area contributed by atoms with Gasteiger partial charge in [-0.1, -0.05) is 79.4 Å². The molecule has 1 aromatic rings. The van der Waals surface area contributed by atoms with Gasteiger partial charge in [0.25, 0.3) is 0 Å². The molecule has 5 rings (SSSR count). The molecule has 0 bridgehead atoms. The van der Waals surface area contributed by atoms with Gasteiger partial charge in [0.05, 0.1) is 4.90 Å². The summed E-state index contributed by atoms with van der Waals surface area (Å²) in [6.45, 7) is 17.4. The van der Waals surface area contributed by atoms with E-state index in [0.29, 0.717) is 24.2 Å². The third-order valence-corrected chi connectivity index (χ3v) is 15.1. The Labute approximate surface area is 286 Å². The second kappa shape index (κ2) is 14.9. The van der Waals surface area contributed by atoms with Gasteiger partial charge in [-0.3, -0.25) is 5.32 Å². The molecule has 1 N–H and O–H groups in total. The molecule has 0 saturated heterocycles. The molecule has 3 fully saturated rings. The van der Waals surface area contributed by atoms with Crippen LogP contribution in [-0.2, 0) is 14.8 Å².